The van der Waals surface area contributed by atoms with Crippen LogP contribution in [0.25, 0.3) is 0 Å². The van der Waals surface area contributed by atoms with Gasteiger partial charge in [-0.1, -0.05) is 35.9 Å². The van der Waals surface area contributed by atoms with Gasteiger partial charge in [-0.2, -0.15) is 4.31 Å². The summed E-state index contributed by atoms with van der Waals surface area (Å²) in [4.78, 5) is 15.3. The smallest absolute Gasteiger partial charge is 0.255 e. The summed E-state index contributed by atoms with van der Waals surface area (Å²) in [6, 6.07) is 21.9. The lowest BCUT2D eigenvalue weighted by Crippen LogP contribution is -2.48. The molecule has 0 saturated carbocycles. The molecular formula is C28H33N3O4S. The zero-order chi connectivity index (χ0) is 25.7. The van der Waals surface area contributed by atoms with Crippen molar-refractivity contribution in [3.05, 3.63) is 89.5 Å². The second-order valence-corrected chi connectivity index (χ2v) is 11.3. The Hall–Kier alpha value is -3.20. The second-order valence-electron chi connectivity index (χ2n) is 9.34. The zero-order valence-electron chi connectivity index (χ0n) is 21.0. The molecule has 0 spiro atoms. The van der Waals surface area contributed by atoms with Crippen LogP contribution in [0.3, 0.4) is 0 Å². The van der Waals surface area contributed by atoms with Crippen molar-refractivity contribution in [2.45, 2.75) is 38.3 Å². The van der Waals surface area contributed by atoms with E-state index in [0.717, 1.165) is 11.1 Å². The van der Waals surface area contributed by atoms with Gasteiger partial charge in [-0.15, -0.1) is 0 Å². The number of carbonyl (C=O) groups excluding carboxylic acids is 1. The quantitative estimate of drug-likeness (QED) is 0.484. The van der Waals surface area contributed by atoms with Crippen molar-refractivity contribution in [2.75, 3.05) is 31.5 Å². The van der Waals surface area contributed by atoms with Crippen molar-refractivity contribution >= 4 is 21.6 Å². The van der Waals surface area contributed by atoms with E-state index in [4.69, 9.17) is 4.74 Å². The van der Waals surface area contributed by atoms with Crippen molar-refractivity contribution in [1.29, 1.82) is 0 Å². The number of nitrogens with zero attached hydrogens (tertiary/aromatic N) is 2. The molecule has 1 fully saturated rings. The average molecular weight is 508 g/mol. The van der Waals surface area contributed by atoms with E-state index in [0.29, 0.717) is 54.6 Å². The molecule has 190 valence electrons. The van der Waals surface area contributed by atoms with Gasteiger partial charge in [0.15, 0.2) is 0 Å². The standard InChI is InChI=1S/C28H33N3O4S/c1-21(2)35-26-6-4-5-25(19-26)29-28(32)24-11-9-23(10-12-24)20-30-15-17-31(18-16-30)36(33,34)27-13-7-22(3)8-14-27/h4-14,19,21H,15-18,20H2,1-3H3,(H,29,32). The van der Waals surface area contributed by atoms with E-state index in [-0.39, 0.29) is 12.0 Å². The number of benzene rings is 3. The topological polar surface area (TPSA) is 79.0 Å². The summed E-state index contributed by atoms with van der Waals surface area (Å²) in [5.41, 5.74) is 3.37. The molecule has 1 heterocycles. The van der Waals surface area contributed by atoms with E-state index >= 15 is 0 Å². The van der Waals surface area contributed by atoms with Crippen LogP contribution >= 0.6 is 0 Å². The summed E-state index contributed by atoms with van der Waals surface area (Å²) in [5, 5.41) is 2.92. The van der Waals surface area contributed by atoms with Crippen LogP contribution in [0.5, 0.6) is 5.75 Å². The lowest BCUT2D eigenvalue weighted by Gasteiger charge is -2.34. The first kappa shape index (κ1) is 25.9. The van der Waals surface area contributed by atoms with Crippen molar-refractivity contribution in [1.82, 2.24) is 9.21 Å². The number of sulfonamides is 1. The molecular weight excluding hydrogens is 474 g/mol. The Balaban J connectivity index is 1.30. The van der Waals surface area contributed by atoms with Gasteiger partial charge in [-0.3, -0.25) is 9.69 Å². The number of nitrogens with one attached hydrogen (secondary N) is 1. The summed E-state index contributed by atoms with van der Waals surface area (Å²) < 4.78 is 33.1. The van der Waals surface area contributed by atoms with Gasteiger partial charge in [0.1, 0.15) is 5.75 Å². The van der Waals surface area contributed by atoms with Crippen LogP contribution in [-0.4, -0.2) is 55.8 Å². The molecule has 0 bridgehead atoms. The van der Waals surface area contributed by atoms with Gasteiger partial charge in [0, 0.05) is 50.0 Å². The summed E-state index contributed by atoms with van der Waals surface area (Å²) in [7, 11) is -3.47. The largest absolute Gasteiger partial charge is 0.491 e. The van der Waals surface area contributed by atoms with Crippen LogP contribution in [0.2, 0.25) is 0 Å². The van der Waals surface area contributed by atoms with Crippen molar-refractivity contribution in [3.63, 3.8) is 0 Å². The molecule has 0 unspecified atom stereocenters. The molecule has 1 aliphatic heterocycles. The van der Waals surface area contributed by atoms with Crippen molar-refractivity contribution < 1.29 is 17.9 Å². The number of amides is 1. The Morgan fingerprint density at radius 1 is 0.944 bits per heavy atom. The third-order valence-electron chi connectivity index (χ3n) is 6.08. The van der Waals surface area contributed by atoms with Gasteiger partial charge >= 0.3 is 0 Å². The monoisotopic (exact) mass is 507 g/mol. The van der Waals surface area contributed by atoms with E-state index in [1.165, 1.54) is 0 Å². The highest BCUT2D eigenvalue weighted by atomic mass is 32.2. The third kappa shape index (κ3) is 6.51. The number of aryl methyl sites for hydroxylation is 1. The highest BCUT2D eigenvalue weighted by molar-refractivity contribution is 7.89. The van der Waals surface area contributed by atoms with Crippen molar-refractivity contribution in [3.8, 4) is 5.75 Å². The minimum absolute atomic E-state index is 0.0593. The molecule has 4 rings (SSSR count). The molecule has 7 nitrogen and oxygen atoms in total. The molecule has 1 amide bonds. The van der Waals surface area contributed by atoms with Gasteiger partial charge in [-0.05, 0) is 62.7 Å². The van der Waals surface area contributed by atoms with Crippen LogP contribution < -0.4 is 10.1 Å². The number of rotatable bonds is 8. The maximum absolute atomic E-state index is 12.9. The highest BCUT2D eigenvalue weighted by Crippen LogP contribution is 2.21. The summed E-state index contributed by atoms with van der Waals surface area (Å²) in [6.45, 7) is 8.78. The molecule has 0 radical (unpaired) electrons. The van der Waals surface area contributed by atoms with Gasteiger partial charge < -0.3 is 10.1 Å². The van der Waals surface area contributed by atoms with Crippen LogP contribution in [0.4, 0.5) is 5.69 Å². The van der Waals surface area contributed by atoms with Gasteiger partial charge in [0.25, 0.3) is 5.91 Å². The summed E-state index contributed by atoms with van der Waals surface area (Å²) in [5.74, 6) is 0.531. The molecule has 0 atom stereocenters. The summed E-state index contributed by atoms with van der Waals surface area (Å²) in [6.07, 6.45) is 0.0593. The fraction of sp³-hybridized carbons (Fsp3) is 0.321. The minimum Gasteiger partial charge on any atom is -0.491 e. The maximum Gasteiger partial charge on any atom is 0.255 e. The van der Waals surface area contributed by atoms with E-state index < -0.39 is 10.0 Å². The molecule has 1 aliphatic rings. The molecule has 8 heteroatoms. The van der Waals surface area contributed by atoms with Crippen molar-refractivity contribution in [2.24, 2.45) is 0 Å². The minimum atomic E-state index is -3.47. The third-order valence-corrected chi connectivity index (χ3v) is 7.99. The predicted octanol–water partition coefficient (Wildman–Crippen LogP) is 4.54. The number of piperazine rings is 1. The average Bonchev–Trinajstić information content (AvgIpc) is 2.85. The number of anilines is 1. The van der Waals surface area contributed by atoms with Crippen LogP contribution in [-0.2, 0) is 16.6 Å². The first-order valence-corrected chi connectivity index (χ1v) is 13.6. The van der Waals surface area contributed by atoms with Gasteiger partial charge in [0.2, 0.25) is 10.0 Å². The maximum atomic E-state index is 12.9. The van der Waals surface area contributed by atoms with Crippen LogP contribution in [0, 0.1) is 6.92 Å². The molecule has 3 aromatic rings. The second kappa shape index (κ2) is 11.2. The van der Waals surface area contributed by atoms with E-state index in [1.54, 1.807) is 16.4 Å². The van der Waals surface area contributed by atoms with E-state index in [1.807, 2.05) is 81.4 Å². The highest BCUT2D eigenvalue weighted by Gasteiger charge is 2.28. The first-order chi connectivity index (χ1) is 17.2. The van der Waals surface area contributed by atoms with Crippen LogP contribution in [0.15, 0.2) is 77.7 Å². The molecule has 36 heavy (non-hydrogen) atoms. The Kier molecular flexibility index (Phi) is 8.08. The van der Waals surface area contributed by atoms with E-state index in [2.05, 4.69) is 10.2 Å². The molecule has 3 aromatic carbocycles. The Labute approximate surface area is 213 Å². The van der Waals surface area contributed by atoms with E-state index in [9.17, 15) is 13.2 Å². The number of hydrogen-bond acceptors (Lipinski definition) is 5. The molecule has 1 saturated heterocycles. The van der Waals surface area contributed by atoms with Gasteiger partial charge in [-0.25, -0.2) is 8.42 Å². The zero-order valence-corrected chi connectivity index (χ0v) is 21.8. The normalized spacial score (nSPS) is 15.1. The lowest BCUT2D eigenvalue weighted by atomic mass is 10.1. The fourth-order valence-electron chi connectivity index (χ4n) is 4.13. The molecule has 0 aromatic heterocycles. The predicted molar refractivity (Wildman–Crippen MR) is 142 cm³/mol. The Morgan fingerprint density at radius 2 is 1.61 bits per heavy atom. The van der Waals surface area contributed by atoms with Gasteiger partial charge in [0.05, 0.1) is 11.0 Å². The lowest BCUT2D eigenvalue weighted by molar-refractivity contribution is 0.102. The molecule has 1 N–H and O–H groups in total. The number of hydrogen-bond donors (Lipinski definition) is 1. The Bertz CT molecular complexity index is 1280. The number of carbonyl (C=O) groups is 1. The van der Waals surface area contributed by atoms with Crippen LogP contribution in [0.1, 0.15) is 35.3 Å². The Morgan fingerprint density at radius 3 is 2.25 bits per heavy atom. The number of ether oxygens (including phenoxy) is 1. The first-order valence-electron chi connectivity index (χ1n) is 12.2. The SMILES string of the molecule is Cc1ccc(S(=O)(=O)N2CCN(Cc3ccc(C(=O)Nc4cccc(OC(C)C)c4)cc3)CC2)cc1. The fourth-order valence-corrected chi connectivity index (χ4v) is 5.55. The molecule has 0 aliphatic carbocycles. The summed E-state index contributed by atoms with van der Waals surface area (Å²) >= 11 is 0.